The second-order valence-electron chi connectivity index (χ2n) is 6.20. The molecular formula is C16H18Cl2N4O2. The molecule has 1 amide bonds. The maximum absolute atomic E-state index is 12.9. The summed E-state index contributed by atoms with van der Waals surface area (Å²) in [6.45, 7) is 3.29. The van der Waals surface area contributed by atoms with E-state index < -0.39 is 0 Å². The molecule has 24 heavy (non-hydrogen) atoms. The number of hydrogen-bond acceptors (Lipinski definition) is 4. The third kappa shape index (κ3) is 3.27. The highest BCUT2D eigenvalue weighted by Crippen LogP contribution is 2.29. The van der Waals surface area contributed by atoms with Gasteiger partial charge in [0.15, 0.2) is 5.69 Å². The van der Waals surface area contributed by atoms with Crippen LogP contribution in [0.15, 0.2) is 24.4 Å². The summed E-state index contributed by atoms with van der Waals surface area (Å²) in [7, 11) is 0. The zero-order chi connectivity index (χ0) is 17.3. The Morgan fingerprint density at radius 1 is 1.33 bits per heavy atom. The molecule has 0 spiro atoms. The quantitative estimate of drug-likeness (QED) is 0.903. The van der Waals surface area contributed by atoms with Crippen molar-refractivity contribution in [2.75, 3.05) is 19.7 Å². The lowest BCUT2D eigenvalue weighted by Crippen LogP contribution is -2.44. The van der Waals surface area contributed by atoms with Gasteiger partial charge in [-0.2, -0.15) is 0 Å². The Kier molecular flexibility index (Phi) is 5.08. The van der Waals surface area contributed by atoms with Gasteiger partial charge in [0.2, 0.25) is 0 Å². The van der Waals surface area contributed by atoms with Crippen molar-refractivity contribution in [2.45, 2.75) is 13.3 Å². The lowest BCUT2D eigenvalue weighted by molar-refractivity contribution is 0.0525. The Hall–Kier alpha value is -1.63. The number of carbonyl (C=O) groups is 1. The molecule has 0 aliphatic carbocycles. The predicted octanol–water partition coefficient (Wildman–Crippen LogP) is 2.66. The average molecular weight is 369 g/mol. The van der Waals surface area contributed by atoms with Crippen LogP contribution in [-0.4, -0.2) is 50.6 Å². The van der Waals surface area contributed by atoms with Gasteiger partial charge in [-0.25, -0.2) is 4.68 Å². The topological polar surface area (TPSA) is 71.2 Å². The Morgan fingerprint density at radius 3 is 2.71 bits per heavy atom. The predicted molar refractivity (Wildman–Crippen MR) is 91.6 cm³/mol. The maximum atomic E-state index is 12.9. The van der Waals surface area contributed by atoms with E-state index in [4.69, 9.17) is 23.2 Å². The van der Waals surface area contributed by atoms with E-state index >= 15 is 0 Å². The molecule has 1 aliphatic rings. The lowest BCUT2D eigenvalue weighted by atomic mass is 9.91. The number of carbonyl (C=O) groups excluding carboxylic acids is 1. The minimum atomic E-state index is -0.194. The number of amides is 1. The van der Waals surface area contributed by atoms with E-state index in [1.165, 1.54) is 10.9 Å². The van der Waals surface area contributed by atoms with E-state index in [1.54, 1.807) is 23.1 Å². The molecule has 0 radical (unpaired) electrons. The van der Waals surface area contributed by atoms with Crippen molar-refractivity contribution in [1.82, 2.24) is 19.9 Å². The van der Waals surface area contributed by atoms with Crippen LogP contribution in [0.4, 0.5) is 0 Å². The van der Waals surface area contributed by atoms with Crippen LogP contribution in [0, 0.1) is 11.8 Å². The molecule has 1 saturated heterocycles. The number of hydrogen-bond donors (Lipinski definition) is 1. The molecule has 1 fully saturated rings. The summed E-state index contributed by atoms with van der Waals surface area (Å²) in [6, 6.07) is 5.09. The first kappa shape index (κ1) is 17.2. The summed E-state index contributed by atoms with van der Waals surface area (Å²) < 4.78 is 1.38. The number of rotatable bonds is 3. The molecular weight excluding hydrogens is 351 g/mol. The van der Waals surface area contributed by atoms with Gasteiger partial charge < -0.3 is 10.0 Å². The van der Waals surface area contributed by atoms with Gasteiger partial charge in [0, 0.05) is 19.7 Å². The number of piperidine rings is 1. The second-order valence-corrected chi connectivity index (χ2v) is 7.02. The molecule has 0 saturated carbocycles. The number of aliphatic hydroxyl groups excluding tert-OH is 1. The molecule has 0 bridgehead atoms. The number of nitrogens with zero attached hydrogens (tertiary/aromatic N) is 4. The van der Waals surface area contributed by atoms with Crippen molar-refractivity contribution in [3.05, 3.63) is 40.1 Å². The fraction of sp³-hybridized carbons (Fsp3) is 0.438. The highest BCUT2D eigenvalue weighted by molar-refractivity contribution is 6.37. The van der Waals surface area contributed by atoms with Crippen LogP contribution < -0.4 is 0 Å². The maximum Gasteiger partial charge on any atom is 0.274 e. The number of benzene rings is 1. The minimum absolute atomic E-state index is 0.0714. The smallest absolute Gasteiger partial charge is 0.274 e. The van der Waals surface area contributed by atoms with Crippen LogP contribution >= 0.6 is 23.2 Å². The molecule has 128 valence electrons. The normalized spacial score (nSPS) is 21.1. The van der Waals surface area contributed by atoms with Gasteiger partial charge in [-0.3, -0.25) is 4.79 Å². The highest BCUT2D eigenvalue weighted by Gasteiger charge is 2.30. The first-order valence-corrected chi connectivity index (χ1v) is 8.52. The number of aliphatic hydroxyl groups is 1. The van der Waals surface area contributed by atoms with Crippen molar-refractivity contribution < 1.29 is 9.90 Å². The molecule has 2 heterocycles. The van der Waals surface area contributed by atoms with Crippen molar-refractivity contribution >= 4 is 29.1 Å². The summed E-state index contributed by atoms with van der Waals surface area (Å²) in [4.78, 5) is 14.7. The zero-order valence-electron chi connectivity index (χ0n) is 13.2. The lowest BCUT2D eigenvalue weighted by Gasteiger charge is -2.35. The molecule has 1 N–H and O–H groups in total. The van der Waals surface area contributed by atoms with Gasteiger partial charge in [0.05, 0.1) is 16.2 Å². The van der Waals surface area contributed by atoms with Gasteiger partial charge in [0.1, 0.15) is 5.69 Å². The van der Waals surface area contributed by atoms with E-state index in [0.717, 1.165) is 6.42 Å². The monoisotopic (exact) mass is 368 g/mol. The van der Waals surface area contributed by atoms with E-state index in [-0.39, 0.29) is 18.4 Å². The molecule has 6 nitrogen and oxygen atoms in total. The summed E-state index contributed by atoms with van der Waals surface area (Å²) in [6.07, 6.45) is 2.32. The van der Waals surface area contributed by atoms with Gasteiger partial charge in [0.25, 0.3) is 5.91 Å². The van der Waals surface area contributed by atoms with Gasteiger partial charge in [-0.15, -0.1) is 5.10 Å². The third-order valence-electron chi connectivity index (χ3n) is 4.21. The SMILES string of the molecule is CC1CC(CO)CN(C(=O)c2cnnn2-c2c(Cl)cccc2Cl)C1. The Bertz CT molecular complexity index is 729. The highest BCUT2D eigenvalue weighted by atomic mass is 35.5. The molecule has 1 aromatic heterocycles. The standard InChI is InChI=1S/C16H18Cl2N4O2/c1-10-5-11(9-23)8-21(7-10)16(24)14-6-19-20-22(14)15-12(17)3-2-4-13(15)18/h2-4,6,10-11,23H,5,7-9H2,1H3. The molecule has 2 atom stereocenters. The van der Waals surface area contributed by atoms with Crippen LogP contribution in [0.5, 0.6) is 0 Å². The zero-order valence-corrected chi connectivity index (χ0v) is 14.7. The van der Waals surface area contributed by atoms with Crippen molar-refractivity contribution in [2.24, 2.45) is 11.8 Å². The number of para-hydroxylation sites is 1. The second kappa shape index (κ2) is 7.09. The van der Waals surface area contributed by atoms with Gasteiger partial charge in [-0.1, -0.05) is 41.4 Å². The molecule has 8 heteroatoms. The molecule has 2 unspecified atom stereocenters. The molecule has 1 aromatic carbocycles. The first-order valence-electron chi connectivity index (χ1n) is 7.76. The Balaban J connectivity index is 1.94. The van der Waals surface area contributed by atoms with Crippen LogP contribution in [0.25, 0.3) is 5.69 Å². The molecule has 1 aliphatic heterocycles. The van der Waals surface area contributed by atoms with E-state index in [1.807, 2.05) is 0 Å². The van der Waals surface area contributed by atoms with Crippen molar-refractivity contribution in [1.29, 1.82) is 0 Å². The van der Waals surface area contributed by atoms with Crippen LogP contribution in [0.1, 0.15) is 23.8 Å². The van der Waals surface area contributed by atoms with Crippen LogP contribution in [0.2, 0.25) is 10.0 Å². The number of halogens is 2. The first-order chi connectivity index (χ1) is 11.5. The number of likely N-dealkylation sites (tertiary alicyclic amines) is 1. The number of aromatic nitrogens is 3. The third-order valence-corrected chi connectivity index (χ3v) is 4.82. The van der Waals surface area contributed by atoms with Crippen LogP contribution in [-0.2, 0) is 0 Å². The van der Waals surface area contributed by atoms with Crippen molar-refractivity contribution in [3.63, 3.8) is 0 Å². The van der Waals surface area contributed by atoms with Crippen LogP contribution in [0.3, 0.4) is 0 Å². The largest absolute Gasteiger partial charge is 0.396 e. The molecule has 2 aromatic rings. The average Bonchev–Trinajstić information content (AvgIpc) is 3.02. The Morgan fingerprint density at radius 2 is 2.04 bits per heavy atom. The van der Waals surface area contributed by atoms with E-state index in [9.17, 15) is 9.90 Å². The Labute approximate surface area is 150 Å². The van der Waals surface area contributed by atoms with Gasteiger partial charge >= 0.3 is 0 Å². The summed E-state index contributed by atoms with van der Waals surface area (Å²) in [5.41, 5.74) is 0.737. The summed E-state index contributed by atoms with van der Waals surface area (Å²) in [5.74, 6) is 0.222. The fourth-order valence-electron chi connectivity index (χ4n) is 3.18. The van der Waals surface area contributed by atoms with Gasteiger partial charge in [-0.05, 0) is 30.4 Å². The summed E-state index contributed by atoms with van der Waals surface area (Å²) in [5, 5.41) is 18.1. The fourth-order valence-corrected chi connectivity index (χ4v) is 3.74. The van der Waals surface area contributed by atoms with E-state index in [0.29, 0.717) is 40.4 Å². The minimum Gasteiger partial charge on any atom is -0.396 e. The molecule has 3 rings (SSSR count). The summed E-state index contributed by atoms with van der Waals surface area (Å²) >= 11 is 12.4. The van der Waals surface area contributed by atoms with E-state index in [2.05, 4.69) is 17.2 Å². The van der Waals surface area contributed by atoms with Crippen molar-refractivity contribution in [3.8, 4) is 5.69 Å².